The summed E-state index contributed by atoms with van der Waals surface area (Å²) in [5.41, 5.74) is 2.44. The number of H-pyrrole nitrogens is 2. The van der Waals surface area contributed by atoms with Gasteiger partial charge in [0.2, 0.25) is 0 Å². The summed E-state index contributed by atoms with van der Waals surface area (Å²) in [5.74, 6) is 0.213. The highest BCUT2D eigenvalue weighted by Crippen LogP contribution is 2.18. The van der Waals surface area contributed by atoms with Crippen molar-refractivity contribution < 1.29 is 4.79 Å². The maximum Gasteiger partial charge on any atom is 0.272 e. The van der Waals surface area contributed by atoms with E-state index in [0.29, 0.717) is 27.4 Å². The van der Waals surface area contributed by atoms with Crippen LogP contribution in [-0.4, -0.2) is 42.6 Å². The molecular formula is C17H16N6O2S. The van der Waals surface area contributed by atoms with Crippen molar-refractivity contribution in [2.75, 3.05) is 7.05 Å². The molecule has 4 rings (SSSR count). The Morgan fingerprint density at radius 2 is 2.23 bits per heavy atom. The average molecular weight is 368 g/mol. The molecule has 0 unspecified atom stereocenters. The molecule has 4 aromatic rings. The van der Waals surface area contributed by atoms with E-state index in [1.807, 2.05) is 35.3 Å². The quantitative estimate of drug-likeness (QED) is 0.575. The molecule has 132 valence electrons. The highest BCUT2D eigenvalue weighted by molar-refractivity contribution is 7.17. The molecule has 1 amide bonds. The summed E-state index contributed by atoms with van der Waals surface area (Å²) in [7, 11) is 3.57. The van der Waals surface area contributed by atoms with Gasteiger partial charge in [-0.15, -0.1) is 11.3 Å². The average Bonchev–Trinajstić information content (AvgIpc) is 3.33. The van der Waals surface area contributed by atoms with Crippen molar-refractivity contribution in [3.8, 4) is 11.4 Å². The van der Waals surface area contributed by atoms with Crippen molar-refractivity contribution in [2.45, 2.75) is 6.54 Å². The number of fused-ring (bicyclic) bond motifs is 1. The van der Waals surface area contributed by atoms with E-state index in [0.717, 1.165) is 5.69 Å². The van der Waals surface area contributed by atoms with Gasteiger partial charge in [0.15, 0.2) is 0 Å². The van der Waals surface area contributed by atoms with Gasteiger partial charge < -0.3 is 14.5 Å². The number of aromatic nitrogens is 5. The molecule has 0 fully saturated rings. The number of amides is 1. The molecule has 4 aromatic heterocycles. The van der Waals surface area contributed by atoms with Crippen LogP contribution in [0.4, 0.5) is 0 Å². The minimum Gasteiger partial charge on any atom is -0.349 e. The first kappa shape index (κ1) is 16.3. The highest BCUT2D eigenvalue weighted by Gasteiger charge is 2.17. The molecule has 0 saturated carbocycles. The van der Waals surface area contributed by atoms with Gasteiger partial charge in [0.1, 0.15) is 21.9 Å². The van der Waals surface area contributed by atoms with Gasteiger partial charge in [0.25, 0.3) is 11.5 Å². The van der Waals surface area contributed by atoms with Crippen LogP contribution >= 0.6 is 11.3 Å². The maximum atomic E-state index is 12.6. The standard InChI is InChI=1S/C17H16N6O2S/c1-22-6-3-4-13(22)11-8-12(21-20-11)17(25)23(2)9-14-18-10-5-7-26-15(10)16(24)19-14/h3-8H,9H2,1-2H3,(H,20,21)(H,18,19,24). The number of hydrogen-bond acceptors (Lipinski definition) is 5. The Morgan fingerprint density at radius 3 is 3.00 bits per heavy atom. The zero-order valence-electron chi connectivity index (χ0n) is 14.2. The summed E-state index contributed by atoms with van der Waals surface area (Å²) < 4.78 is 2.52. The normalized spacial score (nSPS) is 11.2. The smallest absolute Gasteiger partial charge is 0.272 e. The first-order valence-electron chi connectivity index (χ1n) is 7.92. The molecule has 0 saturated heterocycles. The van der Waals surface area contributed by atoms with E-state index >= 15 is 0 Å². The fourth-order valence-corrected chi connectivity index (χ4v) is 3.51. The lowest BCUT2D eigenvalue weighted by molar-refractivity contribution is 0.0775. The number of aromatic amines is 2. The molecule has 0 spiro atoms. The number of aryl methyl sites for hydroxylation is 1. The Hall–Kier alpha value is -3.20. The predicted molar refractivity (Wildman–Crippen MR) is 99.0 cm³/mol. The van der Waals surface area contributed by atoms with Crippen LogP contribution in [0, 0.1) is 0 Å². The molecule has 8 nitrogen and oxygen atoms in total. The second-order valence-corrected chi connectivity index (χ2v) is 6.90. The van der Waals surface area contributed by atoms with Gasteiger partial charge in [0.05, 0.1) is 17.8 Å². The third kappa shape index (κ3) is 2.82. The molecule has 0 aliphatic rings. The number of rotatable bonds is 4. The number of carbonyl (C=O) groups is 1. The highest BCUT2D eigenvalue weighted by atomic mass is 32.1. The monoisotopic (exact) mass is 368 g/mol. The third-order valence-corrected chi connectivity index (χ3v) is 5.01. The van der Waals surface area contributed by atoms with Crippen molar-refractivity contribution in [3.05, 3.63) is 57.7 Å². The van der Waals surface area contributed by atoms with Crippen LogP contribution in [0.15, 0.2) is 40.6 Å². The lowest BCUT2D eigenvalue weighted by atomic mass is 10.2. The molecule has 0 bridgehead atoms. The first-order valence-corrected chi connectivity index (χ1v) is 8.80. The second-order valence-electron chi connectivity index (χ2n) is 5.98. The van der Waals surface area contributed by atoms with Gasteiger partial charge in [-0.3, -0.25) is 14.7 Å². The van der Waals surface area contributed by atoms with Gasteiger partial charge in [-0.05, 0) is 29.6 Å². The van der Waals surface area contributed by atoms with Crippen LogP contribution in [0.5, 0.6) is 0 Å². The molecule has 0 aliphatic carbocycles. The summed E-state index contributed by atoms with van der Waals surface area (Å²) >= 11 is 1.35. The third-order valence-electron chi connectivity index (χ3n) is 4.11. The van der Waals surface area contributed by atoms with E-state index < -0.39 is 0 Å². The molecule has 9 heteroatoms. The lowest BCUT2D eigenvalue weighted by Gasteiger charge is -2.15. The van der Waals surface area contributed by atoms with Crippen LogP contribution < -0.4 is 5.56 Å². The molecule has 0 aliphatic heterocycles. The summed E-state index contributed by atoms with van der Waals surface area (Å²) in [4.78, 5) is 33.3. The van der Waals surface area contributed by atoms with E-state index in [1.54, 1.807) is 19.2 Å². The SMILES string of the molecule is CN(Cc1nc2ccsc2c(=O)[nH]1)C(=O)c1cc(-c2cccn2C)n[nH]1. The lowest BCUT2D eigenvalue weighted by Crippen LogP contribution is -2.28. The van der Waals surface area contributed by atoms with E-state index in [2.05, 4.69) is 20.2 Å². The topological polar surface area (TPSA) is 99.7 Å². The number of carbonyl (C=O) groups excluding carboxylic acids is 1. The zero-order valence-corrected chi connectivity index (χ0v) is 15.0. The van der Waals surface area contributed by atoms with Crippen molar-refractivity contribution in [2.24, 2.45) is 7.05 Å². The van der Waals surface area contributed by atoms with Gasteiger partial charge >= 0.3 is 0 Å². The van der Waals surface area contributed by atoms with Crippen molar-refractivity contribution in [1.82, 2.24) is 29.6 Å². The number of hydrogen-bond donors (Lipinski definition) is 2. The van der Waals surface area contributed by atoms with Crippen LogP contribution in [0.1, 0.15) is 16.3 Å². The minimum absolute atomic E-state index is 0.187. The van der Waals surface area contributed by atoms with Crippen LogP contribution in [0.3, 0.4) is 0 Å². The summed E-state index contributed by atoms with van der Waals surface area (Å²) in [5, 5.41) is 8.81. The van der Waals surface area contributed by atoms with Gasteiger partial charge in [-0.2, -0.15) is 5.10 Å². The largest absolute Gasteiger partial charge is 0.349 e. The molecule has 26 heavy (non-hydrogen) atoms. The van der Waals surface area contributed by atoms with Gasteiger partial charge in [-0.1, -0.05) is 0 Å². The van der Waals surface area contributed by atoms with Crippen LogP contribution in [0.25, 0.3) is 21.6 Å². The van der Waals surface area contributed by atoms with E-state index in [1.165, 1.54) is 16.2 Å². The van der Waals surface area contributed by atoms with Crippen molar-refractivity contribution in [3.63, 3.8) is 0 Å². The Bertz CT molecular complexity index is 1150. The summed E-state index contributed by atoms with van der Waals surface area (Å²) in [6, 6.07) is 7.35. The predicted octanol–water partition coefficient (Wildman–Crippen LogP) is 1.99. The zero-order chi connectivity index (χ0) is 18.3. The Morgan fingerprint density at radius 1 is 1.38 bits per heavy atom. The Labute approximate surface area is 152 Å². The molecule has 0 aromatic carbocycles. The summed E-state index contributed by atoms with van der Waals surface area (Å²) in [6.07, 6.45) is 1.92. The molecule has 4 heterocycles. The Kier molecular flexibility index (Phi) is 3.92. The van der Waals surface area contributed by atoms with E-state index in [9.17, 15) is 9.59 Å². The fourth-order valence-electron chi connectivity index (χ4n) is 2.79. The molecule has 0 atom stereocenters. The summed E-state index contributed by atoms with van der Waals surface area (Å²) in [6.45, 7) is 0.193. The van der Waals surface area contributed by atoms with Gasteiger partial charge in [0, 0.05) is 20.3 Å². The van der Waals surface area contributed by atoms with Crippen LogP contribution in [-0.2, 0) is 13.6 Å². The molecular weight excluding hydrogens is 352 g/mol. The molecule has 0 radical (unpaired) electrons. The minimum atomic E-state index is -0.231. The first-order chi connectivity index (χ1) is 12.5. The van der Waals surface area contributed by atoms with Crippen molar-refractivity contribution >= 4 is 27.5 Å². The number of nitrogens with one attached hydrogen (secondary N) is 2. The Balaban J connectivity index is 1.55. The maximum absolute atomic E-state index is 12.6. The van der Waals surface area contributed by atoms with Crippen molar-refractivity contribution in [1.29, 1.82) is 0 Å². The number of thiophene rings is 1. The number of nitrogens with zero attached hydrogens (tertiary/aromatic N) is 4. The van der Waals surface area contributed by atoms with E-state index in [4.69, 9.17) is 0 Å². The van der Waals surface area contributed by atoms with E-state index in [-0.39, 0.29) is 18.0 Å². The van der Waals surface area contributed by atoms with Gasteiger partial charge in [-0.25, -0.2) is 4.98 Å². The second kappa shape index (κ2) is 6.26. The fraction of sp³-hybridized carbons (Fsp3) is 0.176. The van der Waals surface area contributed by atoms with Crippen LogP contribution in [0.2, 0.25) is 0 Å². The molecule has 2 N–H and O–H groups in total.